The summed E-state index contributed by atoms with van der Waals surface area (Å²) in [5.74, 6) is 0. The van der Waals surface area contributed by atoms with Crippen LogP contribution in [0.5, 0.6) is 0 Å². The molecule has 106 valence electrons. The summed E-state index contributed by atoms with van der Waals surface area (Å²) in [4.78, 5) is 3.61. The highest BCUT2D eigenvalue weighted by Crippen LogP contribution is 2.28. The van der Waals surface area contributed by atoms with Gasteiger partial charge in [0.1, 0.15) is 10.0 Å². The van der Waals surface area contributed by atoms with E-state index in [1.807, 2.05) is 0 Å². The van der Waals surface area contributed by atoms with Crippen molar-refractivity contribution in [2.45, 2.75) is 4.90 Å². The molecule has 2 aromatic rings. The van der Waals surface area contributed by atoms with Crippen molar-refractivity contribution in [3.63, 3.8) is 0 Å². The summed E-state index contributed by atoms with van der Waals surface area (Å²) in [6.07, 6.45) is 1.12. The van der Waals surface area contributed by atoms with E-state index in [1.165, 1.54) is 6.07 Å². The van der Waals surface area contributed by atoms with E-state index in [2.05, 4.69) is 32.3 Å². The number of halogens is 4. The molecule has 0 aliphatic rings. The van der Waals surface area contributed by atoms with E-state index < -0.39 is 10.0 Å². The number of aromatic nitrogens is 1. The zero-order valence-corrected chi connectivity index (χ0v) is 14.8. The second kappa shape index (κ2) is 6.23. The molecule has 4 nitrogen and oxygen atoms in total. The summed E-state index contributed by atoms with van der Waals surface area (Å²) in [5, 5.41) is 0.398. The minimum absolute atomic E-state index is 0.0397. The maximum absolute atomic E-state index is 12.2. The predicted molar refractivity (Wildman–Crippen MR) is 89.2 cm³/mol. The van der Waals surface area contributed by atoms with Gasteiger partial charge in [-0.1, -0.05) is 34.8 Å². The second-order valence-corrected chi connectivity index (χ2v) is 7.77. The van der Waals surface area contributed by atoms with Crippen LogP contribution in [0.3, 0.4) is 0 Å². The van der Waals surface area contributed by atoms with Crippen LogP contribution < -0.4 is 4.72 Å². The minimum atomic E-state index is -3.83. The molecule has 0 radical (unpaired) electrons. The van der Waals surface area contributed by atoms with Gasteiger partial charge in [0.25, 0.3) is 10.0 Å². The lowest BCUT2D eigenvalue weighted by molar-refractivity contribution is 0.601. The van der Waals surface area contributed by atoms with Crippen molar-refractivity contribution >= 4 is 73.1 Å². The van der Waals surface area contributed by atoms with Crippen LogP contribution in [0.1, 0.15) is 0 Å². The highest BCUT2D eigenvalue weighted by molar-refractivity contribution is 14.1. The van der Waals surface area contributed by atoms with Crippen molar-refractivity contribution in [2.75, 3.05) is 4.72 Å². The SMILES string of the molecule is O=S(=O)(Nc1ccc(I)cc1Cl)c1cnc(Cl)c(Cl)c1. The van der Waals surface area contributed by atoms with Crippen molar-refractivity contribution in [2.24, 2.45) is 0 Å². The number of pyridine rings is 1. The van der Waals surface area contributed by atoms with E-state index >= 15 is 0 Å². The number of benzene rings is 1. The van der Waals surface area contributed by atoms with Gasteiger partial charge >= 0.3 is 0 Å². The number of sulfonamides is 1. The van der Waals surface area contributed by atoms with Gasteiger partial charge in [-0.05, 0) is 46.9 Å². The van der Waals surface area contributed by atoms with E-state index in [0.29, 0.717) is 5.02 Å². The number of nitrogens with one attached hydrogen (secondary N) is 1. The van der Waals surface area contributed by atoms with Gasteiger partial charge in [0, 0.05) is 9.77 Å². The van der Waals surface area contributed by atoms with Crippen LogP contribution in [0.4, 0.5) is 5.69 Å². The van der Waals surface area contributed by atoms with E-state index in [-0.39, 0.29) is 20.8 Å². The molecule has 2 rings (SSSR count). The fourth-order valence-corrected chi connectivity index (χ4v) is 3.67. The monoisotopic (exact) mass is 462 g/mol. The van der Waals surface area contributed by atoms with E-state index in [9.17, 15) is 8.42 Å². The summed E-state index contributed by atoms with van der Waals surface area (Å²) in [6.45, 7) is 0. The van der Waals surface area contributed by atoms with Gasteiger partial charge in [-0.25, -0.2) is 13.4 Å². The van der Waals surface area contributed by atoms with Crippen LogP contribution in [0, 0.1) is 3.57 Å². The van der Waals surface area contributed by atoms with E-state index in [0.717, 1.165) is 9.77 Å². The smallest absolute Gasteiger partial charge is 0.263 e. The molecule has 1 aromatic heterocycles. The summed E-state index contributed by atoms with van der Waals surface area (Å²) < 4.78 is 27.6. The van der Waals surface area contributed by atoms with Gasteiger partial charge in [-0.2, -0.15) is 0 Å². The molecule has 0 spiro atoms. The highest BCUT2D eigenvalue weighted by Gasteiger charge is 2.17. The molecule has 0 amide bonds. The van der Waals surface area contributed by atoms with Gasteiger partial charge in [0.2, 0.25) is 0 Å². The Morgan fingerprint density at radius 1 is 1.10 bits per heavy atom. The maximum atomic E-state index is 12.2. The molecule has 0 aliphatic heterocycles. The van der Waals surface area contributed by atoms with Crippen LogP contribution in [0.2, 0.25) is 15.2 Å². The lowest BCUT2D eigenvalue weighted by atomic mass is 10.3. The average molecular weight is 464 g/mol. The first-order chi connectivity index (χ1) is 9.29. The Bertz CT molecular complexity index is 768. The number of hydrogen-bond donors (Lipinski definition) is 1. The Morgan fingerprint density at radius 2 is 1.80 bits per heavy atom. The molecular formula is C11H6Cl3IN2O2S. The summed E-state index contributed by atoms with van der Waals surface area (Å²) >= 11 is 19.5. The summed E-state index contributed by atoms with van der Waals surface area (Å²) in [7, 11) is -3.83. The molecule has 0 fully saturated rings. The quantitative estimate of drug-likeness (QED) is 0.541. The molecule has 0 bridgehead atoms. The molecular weight excluding hydrogens is 457 g/mol. The Labute approximate surface area is 144 Å². The average Bonchev–Trinajstić information content (AvgIpc) is 2.36. The zero-order valence-electron chi connectivity index (χ0n) is 9.57. The number of anilines is 1. The fraction of sp³-hybridized carbons (Fsp3) is 0. The lowest BCUT2D eigenvalue weighted by Gasteiger charge is -2.10. The molecule has 0 atom stereocenters. The third-order valence-corrected chi connectivity index (χ3v) is 5.26. The largest absolute Gasteiger partial charge is 0.278 e. The molecule has 1 aromatic carbocycles. The zero-order chi connectivity index (χ0) is 14.9. The van der Waals surface area contributed by atoms with Crippen molar-refractivity contribution in [1.29, 1.82) is 0 Å². The number of nitrogens with zero attached hydrogens (tertiary/aromatic N) is 1. The third-order valence-electron chi connectivity index (χ3n) is 2.26. The Kier molecular flexibility index (Phi) is 5.01. The first-order valence-corrected chi connectivity index (χ1v) is 8.78. The van der Waals surface area contributed by atoms with Crippen molar-refractivity contribution < 1.29 is 8.42 Å². The maximum Gasteiger partial charge on any atom is 0.263 e. The second-order valence-electron chi connectivity index (χ2n) is 3.67. The minimum Gasteiger partial charge on any atom is -0.278 e. The Morgan fingerprint density at radius 3 is 2.40 bits per heavy atom. The van der Waals surface area contributed by atoms with E-state index in [1.54, 1.807) is 18.2 Å². The topological polar surface area (TPSA) is 59.1 Å². The van der Waals surface area contributed by atoms with Gasteiger partial charge in [-0.3, -0.25) is 4.72 Å². The highest BCUT2D eigenvalue weighted by atomic mass is 127. The number of hydrogen-bond acceptors (Lipinski definition) is 3. The Balaban J connectivity index is 2.38. The van der Waals surface area contributed by atoms with Crippen LogP contribution >= 0.6 is 57.4 Å². The van der Waals surface area contributed by atoms with Crippen LogP contribution in [-0.2, 0) is 10.0 Å². The normalized spacial score (nSPS) is 11.4. The van der Waals surface area contributed by atoms with Crippen molar-refractivity contribution in [3.05, 3.63) is 49.2 Å². The summed E-state index contributed by atoms with van der Waals surface area (Å²) in [6, 6.07) is 6.18. The molecule has 0 saturated carbocycles. The van der Waals surface area contributed by atoms with Gasteiger partial charge in [0.05, 0.1) is 15.7 Å². The van der Waals surface area contributed by atoms with Crippen LogP contribution in [0.25, 0.3) is 0 Å². The van der Waals surface area contributed by atoms with Crippen molar-refractivity contribution in [1.82, 2.24) is 4.98 Å². The molecule has 1 N–H and O–H groups in total. The standard InChI is InChI=1S/C11H6Cl3IN2O2S/c12-8-3-6(15)1-2-10(8)17-20(18,19)7-4-9(13)11(14)16-5-7/h1-5,17H. The lowest BCUT2D eigenvalue weighted by Crippen LogP contribution is -2.13. The fourth-order valence-electron chi connectivity index (χ4n) is 1.33. The first-order valence-electron chi connectivity index (χ1n) is 5.08. The van der Waals surface area contributed by atoms with E-state index in [4.69, 9.17) is 34.8 Å². The first kappa shape index (κ1) is 16.1. The molecule has 9 heteroatoms. The van der Waals surface area contributed by atoms with Gasteiger partial charge in [0.15, 0.2) is 0 Å². The number of rotatable bonds is 3. The molecule has 0 aliphatic carbocycles. The molecule has 20 heavy (non-hydrogen) atoms. The van der Waals surface area contributed by atoms with Crippen LogP contribution in [-0.4, -0.2) is 13.4 Å². The third kappa shape index (κ3) is 3.67. The molecule has 0 saturated heterocycles. The Hall–Kier alpha value is -0.280. The molecule has 0 unspecified atom stereocenters. The predicted octanol–water partition coefficient (Wildman–Crippen LogP) is 4.45. The van der Waals surface area contributed by atoms with Crippen molar-refractivity contribution in [3.8, 4) is 0 Å². The molecule has 1 heterocycles. The summed E-state index contributed by atoms with van der Waals surface area (Å²) in [5.41, 5.74) is 0.276. The van der Waals surface area contributed by atoms with Crippen LogP contribution in [0.15, 0.2) is 35.4 Å². The van der Waals surface area contributed by atoms with Gasteiger partial charge < -0.3 is 0 Å². The van der Waals surface area contributed by atoms with Gasteiger partial charge in [-0.15, -0.1) is 0 Å².